The fourth-order valence-electron chi connectivity index (χ4n) is 4.58. The zero-order valence-electron chi connectivity index (χ0n) is 28.2. The lowest BCUT2D eigenvalue weighted by atomic mass is 9.93. The molecule has 0 aliphatic carbocycles. The van der Waals surface area contributed by atoms with Crippen LogP contribution in [0.1, 0.15) is 75.5 Å². The Morgan fingerprint density at radius 3 is 2.21 bits per heavy atom. The average Bonchev–Trinajstić information content (AvgIpc) is 3.44. The molecule has 3 heterocycles. The van der Waals surface area contributed by atoms with E-state index in [1.807, 2.05) is 0 Å². The highest BCUT2D eigenvalue weighted by Crippen LogP contribution is 2.46. The molecule has 1 fully saturated rings. The summed E-state index contributed by atoms with van der Waals surface area (Å²) in [6, 6.07) is -2.34. The molecule has 0 amide bonds. The Kier molecular flexibility index (Phi) is 11.5. The Hall–Kier alpha value is -3.57. The van der Waals surface area contributed by atoms with Gasteiger partial charge < -0.3 is 34.3 Å². The van der Waals surface area contributed by atoms with Gasteiger partial charge in [0.05, 0.1) is 25.6 Å². The van der Waals surface area contributed by atoms with Crippen molar-refractivity contribution >= 4 is 36.7 Å². The van der Waals surface area contributed by atoms with Crippen LogP contribution in [-0.4, -0.2) is 90.8 Å². The van der Waals surface area contributed by atoms with Gasteiger partial charge in [0.25, 0.3) is 0 Å². The van der Waals surface area contributed by atoms with E-state index in [-0.39, 0.29) is 29.6 Å². The second-order valence-corrected chi connectivity index (χ2v) is 15.0. The third-order valence-corrected chi connectivity index (χ3v) is 8.59. The van der Waals surface area contributed by atoms with E-state index < -0.39 is 73.5 Å². The standard InChI is InChI=1S/C27H45N10O9P/c1-11-42-20-17-19(31-24(28)32-20)37(13-30-17)23-27(10,35-36-29)18(38)16(44-23)12-43-47(41,33-14(2)21(39)45-25(4,5)6)34-15(3)22(40)46-26(7,8)9/h13-16,18,23,38H,11-12H2,1-10H3,(H2,28,31,32)(H2,33,34,41)/t14-,15+,16-,18-,23-,27-,47?/m1/s1. The molecule has 1 unspecified atom stereocenters. The number of azide groups is 1. The number of nitrogen functional groups attached to an aromatic ring is 1. The number of nitrogens with zero attached hydrogens (tertiary/aromatic N) is 7. The Labute approximate surface area is 272 Å². The number of aliphatic hydroxyl groups is 1. The number of hydrogen-bond acceptors (Lipinski definition) is 14. The van der Waals surface area contributed by atoms with Gasteiger partial charge in [-0.2, -0.15) is 9.97 Å². The topological polar surface area (TPSA) is 260 Å². The lowest BCUT2D eigenvalue weighted by molar-refractivity contribution is -0.157. The normalized spacial score (nSPS) is 24.2. The summed E-state index contributed by atoms with van der Waals surface area (Å²) >= 11 is 0. The number of carbonyl (C=O) groups excluding carboxylic acids is 2. The first-order valence-corrected chi connectivity index (χ1v) is 16.5. The van der Waals surface area contributed by atoms with Crippen LogP contribution in [0, 0.1) is 0 Å². The molecule has 0 radical (unpaired) electrons. The van der Waals surface area contributed by atoms with Crippen LogP contribution in [0.4, 0.5) is 5.95 Å². The van der Waals surface area contributed by atoms with Gasteiger partial charge in [-0.1, -0.05) is 5.11 Å². The molecule has 3 rings (SSSR count). The maximum Gasteiger partial charge on any atom is 0.342 e. The van der Waals surface area contributed by atoms with Crippen LogP contribution >= 0.6 is 7.67 Å². The summed E-state index contributed by atoms with van der Waals surface area (Å²) in [7, 11) is -4.32. The van der Waals surface area contributed by atoms with Crippen molar-refractivity contribution in [1.82, 2.24) is 29.7 Å². The number of nitrogens with one attached hydrogen (secondary N) is 2. The highest BCUT2D eigenvalue weighted by Gasteiger charge is 2.55. The van der Waals surface area contributed by atoms with E-state index in [1.54, 1.807) is 48.5 Å². The third-order valence-electron chi connectivity index (χ3n) is 6.62. The van der Waals surface area contributed by atoms with Gasteiger partial charge in [-0.3, -0.25) is 18.7 Å². The minimum atomic E-state index is -4.32. The molecule has 20 heteroatoms. The molecule has 19 nitrogen and oxygen atoms in total. The third kappa shape index (κ3) is 9.28. The van der Waals surface area contributed by atoms with Crippen LogP contribution in [0.3, 0.4) is 0 Å². The number of fused-ring (bicyclic) bond motifs is 1. The summed E-state index contributed by atoms with van der Waals surface area (Å²) in [5, 5.41) is 20.4. The minimum absolute atomic E-state index is 0.119. The lowest BCUT2D eigenvalue weighted by Crippen LogP contribution is -2.46. The largest absolute Gasteiger partial charge is 0.476 e. The Morgan fingerprint density at radius 2 is 1.72 bits per heavy atom. The van der Waals surface area contributed by atoms with Gasteiger partial charge in [-0.15, -0.1) is 0 Å². The average molecular weight is 685 g/mol. The molecule has 5 N–H and O–H groups in total. The van der Waals surface area contributed by atoms with Gasteiger partial charge >= 0.3 is 19.6 Å². The summed E-state index contributed by atoms with van der Waals surface area (Å²) in [6.45, 7) is 15.8. The SMILES string of the molecule is CCOc1nc(N)nc2c1ncn2[C@@H]1O[C@H](COP(=O)(N[C@@H](C)C(=O)OC(C)(C)C)N[C@H](C)C(=O)OC(C)(C)C)[C@@H](O)[C@@]1(C)N=[N+]=[N-]. The first kappa shape index (κ1) is 37.9. The summed E-state index contributed by atoms with van der Waals surface area (Å²) < 4.78 is 43.9. The first-order valence-electron chi connectivity index (χ1n) is 14.9. The number of carbonyl (C=O) groups is 2. The number of imidazole rings is 1. The number of aromatic nitrogens is 4. The van der Waals surface area contributed by atoms with E-state index in [0.717, 1.165) is 0 Å². The Bertz CT molecular complexity index is 1510. The number of hydrogen-bond donors (Lipinski definition) is 4. The lowest BCUT2D eigenvalue weighted by Gasteiger charge is -2.30. The zero-order chi connectivity index (χ0) is 35.5. The van der Waals surface area contributed by atoms with Crippen molar-refractivity contribution < 1.29 is 42.7 Å². The maximum absolute atomic E-state index is 14.2. The van der Waals surface area contributed by atoms with E-state index in [0.29, 0.717) is 0 Å². The van der Waals surface area contributed by atoms with Crippen molar-refractivity contribution in [3.05, 3.63) is 16.8 Å². The second-order valence-electron chi connectivity index (χ2n) is 13.1. The van der Waals surface area contributed by atoms with Gasteiger partial charge in [0, 0.05) is 4.91 Å². The van der Waals surface area contributed by atoms with Crippen molar-refractivity contribution in [3.8, 4) is 5.88 Å². The van der Waals surface area contributed by atoms with Gasteiger partial charge in [0.15, 0.2) is 17.4 Å². The van der Waals surface area contributed by atoms with Crippen LogP contribution in [0.15, 0.2) is 11.4 Å². The summed E-state index contributed by atoms with van der Waals surface area (Å²) in [5.74, 6) is -1.47. The van der Waals surface area contributed by atoms with E-state index in [9.17, 15) is 24.8 Å². The van der Waals surface area contributed by atoms with Crippen molar-refractivity contribution in [2.75, 3.05) is 18.9 Å². The van der Waals surface area contributed by atoms with Gasteiger partial charge in [-0.25, -0.2) is 15.2 Å². The van der Waals surface area contributed by atoms with E-state index in [4.69, 9.17) is 29.2 Å². The van der Waals surface area contributed by atoms with Gasteiger partial charge in [0.1, 0.15) is 34.9 Å². The van der Waals surface area contributed by atoms with Crippen LogP contribution < -0.4 is 20.6 Å². The molecule has 2 aromatic rings. The van der Waals surface area contributed by atoms with Crippen molar-refractivity contribution in [2.45, 2.75) is 116 Å². The molecule has 1 aliphatic heterocycles. The molecular formula is C27H45N10O9P. The van der Waals surface area contributed by atoms with Crippen molar-refractivity contribution in [3.63, 3.8) is 0 Å². The molecule has 0 spiro atoms. The van der Waals surface area contributed by atoms with Crippen LogP contribution in [-0.2, 0) is 32.9 Å². The second kappa shape index (κ2) is 14.3. The van der Waals surface area contributed by atoms with E-state index in [1.165, 1.54) is 31.7 Å². The molecule has 0 saturated carbocycles. The summed E-state index contributed by atoms with van der Waals surface area (Å²) in [4.78, 5) is 41.0. The molecule has 2 aromatic heterocycles. The van der Waals surface area contributed by atoms with Crippen molar-refractivity contribution in [2.24, 2.45) is 5.11 Å². The van der Waals surface area contributed by atoms with Crippen LogP contribution in [0.5, 0.6) is 5.88 Å². The molecule has 7 atom stereocenters. The molecule has 47 heavy (non-hydrogen) atoms. The number of aliphatic hydroxyl groups excluding tert-OH is 1. The number of anilines is 1. The zero-order valence-corrected chi connectivity index (χ0v) is 29.1. The molecule has 0 aromatic carbocycles. The molecule has 0 bridgehead atoms. The Balaban J connectivity index is 1.94. The smallest absolute Gasteiger partial charge is 0.342 e. The molecule has 1 aliphatic rings. The van der Waals surface area contributed by atoms with Crippen LogP contribution in [0.25, 0.3) is 21.6 Å². The Morgan fingerprint density at radius 1 is 1.17 bits per heavy atom. The first-order chi connectivity index (χ1) is 21.6. The van der Waals surface area contributed by atoms with Crippen molar-refractivity contribution in [1.29, 1.82) is 0 Å². The fourth-order valence-corrected chi connectivity index (χ4v) is 6.40. The van der Waals surface area contributed by atoms with E-state index >= 15 is 0 Å². The van der Waals surface area contributed by atoms with Gasteiger partial charge in [-0.05, 0) is 74.8 Å². The quantitative estimate of drug-likeness (QED) is 0.0777. The maximum atomic E-state index is 14.2. The van der Waals surface area contributed by atoms with Crippen LogP contribution in [0.2, 0.25) is 0 Å². The predicted octanol–water partition coefficient (Wildman–Crippen LogP) is 2.90. The predicted molar refractivity (Wildman–Crippen MR) is 169 cm³/mol. The number of ether oxygens (including phenoxy) is 4. The number of nitrogens with two attached hydrogens (primary N) is 1. The molecular weight excluding hydrogens is 639 g/mol. The fraction of sp³-hybridized carbons (Fsp3) is 0.741. The molecule has 1 saturated heterocycles. The molecule has 262 valence electrons. The van der Waals surface area contributed by atoms with E-state index in [2.05, 4.69) is 35.2 Å². The monoisotopic (exact) mass is 684 g/mol. The highest BCUT2D eigenvalue weighted by atomic mass is 31.2. The number of rotatable bonds is 13. The number of esters is 2. The summed E-state index contributed by atoms with van der Waals surface area (Å²) in [6.07, 6.45) is -2.65. The minimum Gasteiger partial charge on any atom is -0.476 e. The summed E-state index contributed by atoms with van der Waals surface area (Å²) in [5.41, 5.74) is 12.4. The highest BCUT2D eigenvalue weighted by molar-refractivity contribution is 7.54. The van der Waals surface area contributed by atoms with Gasteiger partial charge in [0.2, 0.25) is 11.8 Å².